The first-order chi connectivity index (χ1) is 19.9. The number of benzene rings is 1. The summed E-state index contributed by atoms with van der Waals surface area (Å²) in [5, 5.41) is 14.2. The molecule has 42 heavy (non-hydrogen) atoms. The van der Waals surface area contributed by atoms with Gasteiger partial charge in [0, 0.05) is 6.54 Å². The highest BCUT2D eigenvalue weighted by Crippen LogP contribution is 2.30. The Morgan fingerprint density at radius 1 is 1.07 bits per heavy atom. The van der Waals surface area contributed by atoms with E-state index in [1.54, 1.807) is 31.2 Å². The van der Waals surface area contributed by atoms with Gasteiger partial charge in [0.1, 0.15) is 30.0 Å². The van der Waals surface area contributed by atoms with E-state index in [1.807, 2.05) is 32.8 Å². The Labute approximate surface area is 248 Å². The Morgan fingerprint density at radius 2 is 1.76 bits per heavy atom. The number of carbonyl (C=O) groups excluding carboxylic acids is 5. The van der Waals surface area contributed by atoms with Crippen molar-refractivity contribution < 1.29 is 28.7 Å². The molecule has 0 bridgehead atoms. The van der Waals surface area contributed by atoms with Gasteiger partial charge in [-0.1, -0.05) is 38.8 Å². The molecule has 3 rings (SSSR count). The highest BCUT2D eigenvalue weighted by atomic mass is 16.5. The summed E-state index contributed by atoms with van der Waals surface area (Å²) in [5.41, 5.74) is -1.02. The van der Waals surface area contributed by atoms with Gasteiger partial charge in [0.25, 0.3) is 5.91 Å². The number of carbonyl (C=O) groups is 5. The Bertz CT molecular complexity index is 1130. The predicted molar refractivity (Wildman–Crippen MR) is 158 cm³/mol. The molecule has 0 unspecified atom stereocenters. The molecule has 12 heteroatoms. The summed E-state index contributed by atoms with van der Waals surface area (Å²) in [7, 11) is 3.86. The molecule has 1 aromatic rings. The first-order valence-electron chi connectivity index (χ1n) is 14.8. The topological polar surface area (TPSA) is 158 Å². The Hall–Kier alpha value is -3.67. The van der Waals surface area contributed by atoms with E-state index in [0.29, 0.717) is 25.8 Å². The van der Waals surface area contributed by atoms with E-state index < -0.39 is 47.3 Å². The van der Waals surface area contributed by atoms with Gasteiger partial charge in [-0.2, -0.15) is 0 Å². The average molecular weight is 587 g/mol. The number of hydrogen-bond acceptors (Lipinski definition) is 7. The van der Waals surface area contributed by atoms with Crippen LogP contribution < -0.4 is 31.3 Å². The van der Waals surface area contributed by atoms with Crippen LogP contribution in [0.5, 0.6) is 5.75 Å². The van der Waals surface area contributed by atoms with E-state index in [-0.39, 0.29) is 36.2 Å². The molecule has 5 N–H and O–H groups in total. The number of para-hydroxylation sites is 1. The zero-order chi connectivity index (χ0) is 30.9. The van der Waals surface area contributed by atoms with Crippen molar-refractivity contribution in [1.29, 1.82) is 0 Å². The van der Waals surface area contributed by atoms with E-state index in [0.717, 1.165) is 19.4 Å². The summed E-state index contributed by atoms with van der Waals surface area (Å²) >= 11 is 0. The molecule has 12 nitrogen and oxygen atoms in total. The average Bonchev–Trinajstić information content (AvgIpc) is 3.41. The van der Waals surface area contributed by atoms with Crippen LogP contribution in [0.1, 0.15) is 69.7 Å². The maximum Gasteiger partial charge on any atom is 0.255 e. The van der Waals surface area contributed by atoms with Gasteiger partial charge in [-0.15, -0.1) is 0 Å². The van der Waals surface area contributed by atoms with Crippen LogP contribution in [0.2, 0.25) is 0 Å². The lowest BCUT2D eigenvalue weighted by Gasteiger charge is -2.33. The van der Waals surface area contributed by atoms with Gasteiger partial charge in [-0.3, -0.25) is 24.0 Å². The summed E-state index contributed by atoms with van der Waals surface area (Å²) in [6.45, 7) is 6.63. The second-order valence-electron chi connectivity index (χ2n) is 11.9. The first-order valence-corrected chi connectivity index (χ1v) is 14.8. The molecule has 1 heterocycles. The van der Waals surface area contributed by atoms with Crippen LogP contribution in [0.3, 0.4) is 0 Å². The van der Waals surface area contributed by atoms with Crippen LogP contribution in [-0.4, -0.2) is 91.9 Å². The fourth-order valence-electron chi connectivity index (χ4n) is 5.25. The zero-order valence-electron chi connectivity index (χ0n) is 25.4. The third-order valence-corrected chi connectivity index (χ3v) is 7.61. The minimum absolute atomic E-state index is 0.0641. The maximum absolute atomic E-state index is 13.6. The van der Waals surface area contributed by atoms with Crippen LogP contribution in [0.4, 0.5) is 0 Å². The third kappa shape index (κ3) is 8.91. The summed E-state index contributed by atoms with van der Waals surface area (Å²) in [5.74, 6) is -2.38. The summed E-state index contributed by atoms with van der Waals surface area (Å²) in [4.78, 5) is 68.9. The smallest absolute Gasteiger partial charge is 0.255 e. The van der Waals surface area contributed by atoms with Gasteiger partial charge in [0.2, 0.25) is 23.6 Å². The Kier molecular flexibility index (Phi) is 11.7. The number of nitrogens with one attached hydrogen (secondary N) is 5. The minimum atomic E-state index is -1.21. The zero-order valence-corrected chi connectivity index (χ0v) is 25.4. The van der Waals surface area contributed by atoms with Gasteiger partial charge in [0.15, 0.2) is 0 Å². The van der Waals surface area contributed by atoms with Gasteiger partial charge >= 0.3 is 0 Å². The Balaban J connectivity index is 1.93. The molecule has 1 aliphatic heterocycles. The van der Waals surface area contributed by atoms with Crippen molar-refractivity contribution >= 4 is 29.5 Å². The summed E-state index contributed by atoms with van der Waals surface area (Å²) in [6, 6.07) is 4.12. The van der Waals surface area contributed by atoms with Gasteiger partial charge in [-0.25, -0.2) is 0 Å². The molecule has 1 aliphatic carbocycles. The van der Waals surface area contributed by atoms with Crippen LogP contribution in [0.15, 0.2) is 24.3 Å². The quantitative estimate of drug-likeness (QED) is 0.307. The SMILES string of the molecule is CC(C)[C@H]1NC(=O)C2(CCCC2)NC(=O)C[C@@H](C(=O)NCCCN(C)C)NC(=O)c2ccccc2OC[C@H](C)NC1=O. The van der Waals surface area contributed by atoms with Crippen LogP contribution in [0.25, 0.3) is 0 Å². The molecule has 2 aliphatic rings. The molecular weight excluding hydrogens is 540 g/mol. The van der Waals surface area contributed by atoms with Crippen LogP contribution in [0, 0.1) is 5.92 Å². The molecule has 1 saturated carbocycles. The molecule has 1 aromatic carbocycles. The number of amides is 5. The Morgan fingerprint density at radius 3 is 2.43 bits per heavy atom. The lowest BCUT2D eigenvalue weighted by Crippen LogP contribution is -2.62. The lowest BCUT2D eigenvalue weighted by atomic mass is 9.93. The standard InChI is InChI=1S/C30H46N6O6/c1-19(2)25-28(40)32-20(3)18-42-23-12-7-6-11-21(23)26(38)33-22(27(39)31-15-10-16-36(4)5)17-24(37)35-30(29(41)34-25)13-8-9-14-30/h6-7,11-12,19-20,22,25H,8-10,13-18H2,1-5H3,(H,31,39)(H,32,40)(H,33,38)(H,34,41)(H,35,37)/t20-,22-,25+/m0/s1. The third-order valence-electron chi connectivity index (χ3n) is 7.61. The minimum Gasteiger partial charge on any atom is -0.491 e. The van der Waals surface area contributed by atoms with Crippen molar-refractivity contribution in [2.45, 2.75) is 83.0 Å². The van der Waals surface area contributed by atoms with Gasteiger partial charge < -0.3 is 36.2 Å². The van der Waals surface area contributed by atoms with Crippen LogP contribution in [-0.2, 0) is 19.2 Å². The van der Waals surface area contributed by atoms with Crippen molar-refractivity contribution in [1.82, 2.24) is 31.5 Å². The highest BCUT2D eigenvalue weighted by Gasteiger charge is 2.44. The van der Waals surface area contributed by atoms with Gasteiger partial charge in [0.05, 0.1) is 18.0 Å². The fourth-order valence-corrected chi connectivity index (χ4v) is 5.25. The van der Waals surface area contributed by atoms with Gasteiger partial charge in [-0.05, 0) is 64.9 Å². The number of hydrogen-bond donors (Lipinski definition) is 5. The van der Waals surface area contributed by atoms with E-state index >= 15 is 0 Å². The summed E-state index contributed by atoms with van der Waals surface area (Å²) in [6.07, 6.45) is 2.58. The number of nitrogens with zero attached hydrogens (tertiary/aromatic N) is 1. The molecule has 5 amide bonds. The van der Waals surface area contributed by atoms with E-state index in [9.17, 15) is 24.0 Å². The van der Waals surface area contributed by atoms with Crippen molar-refractivity contribution in [2.75, 3.05) is 33.8 Å². The molecule has 0 radical (unpaired) electrons. The molecule has 1 spiro atoms. The van der Waals surface area contributed by atoms with Crippen molar-refractivity contribution in [3.8, 4) is 5.75 Å². The van der Waals surface area contributed by atoms with Crippen LogP contribution >= 0.6 is 0 Å². The maximum atomic E-state index is 13.6. The molecule has 1 fully saturated rings. The number of rotatable bonds is 6. The molecule has 0 saturated heterocycles. The summed E-state index contributed by atoms with van der Waals surface area (Å²) < 4.78 is 5.91. The predicted octanol–water partition coefficient (Wildman–Crippen LogP) is 0.710. The molecule has 3 atom stereocenters. The monoisotopic (exact) mass is 586 g/mol. The normalized spacial score (nSPS) is 23.7. The molecule has 232 valence electrons. The second-order valence-corrected chi connectivity index (χ2v) is 11.9. The van der Waals surface area contributed by atoms with Crippen molar-refractivity contribution in [2.24, 2.45) is 5.92 Å². The molecular formula is C30H46N6O6. The van der Waals surface area contributed by atoms with E-state index in [4.69, 9.17) is 4.74 Å². The fraction of sp³-hybridized carbons (Fsp3) is 0.633. The number of ether oxygens (including phenoxy) is 1. The first kappa shape index (κ1) is 32.8. The largest absolute Gasteiger partial charge is 0.491 e. The van der Waals surface area contributed by atoms with Crippen molar-refractivity contribution in [3.63, 3.8) is 0 Å². The van der Waals surface area contributed by atoms with E-state index in [2.05, 4.69) is 26.6 Å². The molecule has 0 aromatic heterocycles. The van der Waals surface area contributed by atoms with Crippen molar-refractivity contribution in [3.05, 3.63) is 29.8 Å². The lowest BCUT2D eigenvalue weighted by molar-refractivity contribution is -0.137. The van der Waals surface area contributed by atoms with E-state index in [1.165, 1.54) is 0 Å². The second kappa shape index (κ2) is 15.0. The highest BCUT2D eigenvalue weighted by molar-refractivity contribution is 6.01. The number of fused-ring (bicyclic) bond motifs is 1.